The highest BCUT2D eigenvalue weighted by Crippen LogP contribution is 2.10. The monoisotopic (exact) mass is 214 g/mol. The first-order chi connectivity index (χ1) is 6.78. The van der Waals surface area contributed by atoms with Crippen molar-refractivity contribution in [2.75, 3.05) is 0 Å². The van der Waals surface area contributed by atoms with Crippen molar-refractivity contribution in [1.82, 2.24) is 10.6 Å². The third-order valence-electron chi connectivity index (χ3n) is 1.99. The molecule has 2 amide bonds. The first-order valence-electron chi connectivity index (χ1n) is 5.08. The first-order valence-corrected chi connectivity index (χ1v) is 5.08. The first kappa shape index (κ1) is 11.8. The van der Waals surface area contributed by atoms with Gasteiger partial charge in [-0.1, -0.05) is 0 Å². The minimum Gasteiger partial charge on any atom is -0.444 e. The van der Waals surface area contributed by atoms with Gasteiger partial charge in [0.15, 0.2) is 0 Å². The average molecular weight is 214 g/mol. The van der Waals surface area contributed by atoms with Crippen molar-refractivity contribution in [3.05, 3.63) is 0 Å². The summed E-state index contributed by atoms with van der Waals surface area (Å²) in [5, 5.41) is 5.27. The number of nitrogens with one attached hydrogen (secondary N) is 2. The maximum absolute atomic E-state index is 11.4. The number of carbonyl (C=O) groups excluding carboxylic acids is 2. The Kier molecular flexibility index (Phi) is 3.21. The molecule has 1 aliphatic heterocycles. The molecule has 0 aromatic rings. The van der Waals surface area contributed by atoms with E-state index in [1.54, 1.807) is 20.8 Å². The van der Waals surface area contributed by atoms with Crippen LogP contribution in [0.5, 0.6) is 0 Å². The summed E-state index contributed by atoms with van der Waals surface area (Å²) in [6, 6.07) is -0.354. The quantitative estimate of drug-likeness (QED) is 0.678. The number of alkyl carbamates (subject to hydrolysis) is 1. The number of amides is 2. The number of hydrogen-bond acceptors (Lipinski definition) is 3. The van der Waals surface area contributed by atoms with E-state index in [2.05, 4.69) is 10.6 Å². The van der Waals surface area contributed by atoms with Gasteiger partial charge in [0.05, 0.1) is 0 Å². The molecule has 15 heavy (non-hydrogen) atoms. The summed E-state index contributed by atoms with van der Waals surface area (Å²) >= 11 is 0. The highest BCUT2D eigenvalue weighted by atomic mass is 16.6. The van der Waals surface area contributed by atoms with Crippen molar-refractivity contribution in [2.45, 2.75) is 51.8 Å². The van der Waals surface area contributed by atoms with Crippen LogP contribution in [0.3, 0.4) is 0 Å². The van der Waals surface area contributed by atoms with Gasteiger partial charge in [-0.05, 0) is 34.1 Å². The minimum atomic E-state index is -0.545. The molecule has 0 unspecified atom stereocenters. The number of ether oxygens (including phenoxy) is 1. The van der Waals surface area contributed by atoms with Crippen LogP contribution < -0.4 is 10.6 Å². The summed E-state index contributed by atoms with van der Waals surface area (Å²) in [6.45, 7) is 7.24. The highest BCUT2D eigenvalue weighted by molar-refractivity contribution is 5.87. The second-order valence-electron chi connectivity index (χ2n) is 4.84. The molecule has 5 heteroatoms. The minimum absolute atomic E-state index is 0.109. The second-order valence-corrected chi connectivity index (χ2v) is 4.84. The lowest BCUT2D eigenvalue weighted by Gasteiger charge is -2.20. The molecule has 1 aliphatic rings. The lowest BCUT2D eigenvalue weighted by atomic mass is 10.2. The number of hydrogen-bond donors (Lipinski definition) is 2. The Morgan fingerprint density at radius 2 is 2.13 bits per heavy atom. The standard InChI is InChI=1S/C10H18N2O3/c1-6-5-7(8(13)11-6)12-9(14)15-10(2,3)4/h6-7H,5H2,1-4H3,(H,11,13)(H,12,14)/t6-,7-/m0/s1. The van der Waals surface area contributed by atoms with E-state index in [0.717, 1.165) is 0 Å². The second kappa shape index (κ2) is 4.08. The van der Waals surface area contributed by atoms with Crippen molar-refractivity contribution in [1.29, 1.82) is 0 Å². The zero-order valence-electron chi connectivity index (χ0n) is 9.59. The molecule has 86 valence electrons. The van der Waals surface area contributed by atoms with Crippen LogP contribution >= 0.6 is 0 Å². The van der Waals surface area contributed by atoms with Crippen molar-refractivity contribution < 1.29 is 14.3 Å². The Labute approximate surface area is 89.6 Å². The molecule has 0 spiro atoms. The third kappa shape index (κ3) is 3.77. The van der Waals surface area contributed by atoms with Gasteiger partial charge in [0.2, 0.25) is 5.91 Å². The molecule has 1 rings (SSSR count). The Bertz CT molecular complexity index is 270. The van der Waals surface area contributed by atoms with Crippen LogP contribution in [0.1, 0.15) is 34.1 Å². The Balaban J connectivity index is 2.42. The van der Waals surface area contributed by atoms with Gasteiger partial charge in [0.1, 0.15) is 11.6 Å². The molecule has 0 aliphatic carbocycles. The van der Waals surface area contributed by atoms with E-state index in [4.69, 9.17) is 4.74 Å². The fourth-order valence-corrected chi connectivity index (χ4v) is 1.44. The maximum Gasteiger partial charge on any atom is 0.408 e. The molecule has 0 saturated carbocycles. The Morgan fingerprint density at radius 1 is 1.53 bits per heavy atom. The summed E-state index contributed by atoms with van der Waals surface area (Å²) in [5.74, 6) is -0.145. The molecule has 1 fully saturated rings. The predicted octanol–water partition coefficient (Wildman–Crippen LogP) is 0.788. The summed E-state index contributed by atoms with van der Waals surface area (Å²) in [7, 11) is 0. The average Bonchev–Trinajstić information content (AvgIpc) is 2.25. The van der Waals surface area contributed by atoms with E-state index in [1.165, 1.54) is 0 Å². The van der Waals surface area contributed by atoms with Crippen LogP contribution in [0, 0.1) is 0 Å². The van der Waals surface area contributed by atoms with Gasteiger partial charge in [0, 0.05) is 6.04 Å². The maximum atomic E-state index is 11.4. The van der Waals surface area contributed by atoms with Crippen molar-refractivity contribution in [2.24, 2.45) is 0 Å². The lowest BCUT2D eigenvalue weighted by molar-refractivity contribution is -0.121. The zero-order chi connectivity index (χ0) is 11.6. The van der Waals surface area contributed by atoms with Gasteiger partial charge in [0.25, 0.3) is 0 Å². The van der Waals surface area contributed by atoms with E-state index >= 15 is 0 Å². The molecule has 0 aromatic heterocycles. The van der Waals surface area contributed by atoms with Gasteiger partial charge in [-0.2, -0.15) is 0 Å². The van der Waals surface area contributed by atoms with Crippen LogP contribution in [0.4, 0.5) is 4.79 Å². The van der Waals surface area contributed by atoms with E-state index in [-0.39, 0.29) is 11.9 Å². The van der Waals surface area contributed by atoms with Crippen LogP contribution in [-0.2, 0) is 9.53 Å². The zero-order valence-corrected chi connectivity index (χ0v) is 9.59. The van der Waals surface area contributed by atoms with Crippen molar-refractivity contribution in [3.8, 4) is 0 Å². The Hall–Kier alpha value is -1.26. The Morgan fingerprint density at radius 3 is 2.53 bits per heavy atom. The third-order valence-corrected chi connectivity index (χ3v) is 1.99. The predicted molar refractivity (Wildman–Crippen MR) is 55.4 cm³/mol. The summed E-state index contributed by atoms with van der Waals surface area (Å²) in [5.41, 5.74) is -0.537. The van der Waals surface area contributed by atoms with Gasteiger partial charge >= 0.3 is 6.09 Å². The smallest absolute Gasteiger partial charge is 0.408 e. The van der Waals surface area contributed by atoms with Crippen molar-refractivity contribution in [3.63, 3.8) is 0 Å². The van der Waals surface area contributed by atoms with Crippen molar-refractivity contribution >= 4 is 12.0 Å². The van der Waals surface area contributed by atoms with Crippen LogP contribution in [0.2, 0.25) is 0 Å². The fourth-order valence-electron chi connectivity index (χ4n) is 1.44. The number of carbonyl (C=O) groups is 2. The molecule has 2 N–H and O–H groups in total. The van der Waals surface area contributed by atoms with E-state index < -0.39 is 17.7 Å². The SMILES string of the molecule is C[C@H]1C[C@H](NC(=O)OC(C)(C)C)C(=O)N1. The van der Waals surface area contributed by atoms with Gasteiger partial charge in [-0.3, -0.25) is 4.79 Å². The number of rotatable bonds is 1. The summed E-state index contributed by atoms with van der Waals surface area (Å²) < 4.78 is 5.05. The summed E-state index contributed by atoms with van der Waals surface area (Å²) in [4.78, 5) is 22.7. The summed E-state index contributed by atoms with van der Waals surface area (Å²) in [6.07, 6.45) is 0.0645. The lowest BCUT2D eigenvalue weighted by Crippen LogP contribution is -2.42. The van der Waals surface area contributed by atoms with Gasteiger partial charge < -0.3 is 15.4 Å². The molecule has 0 bridgehead atoms. The molecule has 1 heterocycles. The molecule has 5 nitrogen and oxygen atoms in total. The fraction of sp³-hybridized carbons (Fsp3) is 0.800. The molecule has 2 atom stereocenters. The van der Waals surface area contributed by atoms with Gasteiger partial charge in [-0.25, -0.2) is 4.79 Å². The molecular formula is C10H18N2O3. The topological polar surface area (TPSA) is 67.4 Å². The molecular weight excluding hydrogens is 196 g/mol. The van der Waals surface area contributed by atoms with Crippen LogP contribution in [-0.4, -0.2) is 29.7 Å². The van der Waals surface area contributed by atoms with E-state index in [0.29, 0.717) is 6.42 Å². The van der Waals surface area contributed by atoms with E-state index in [1.807, 2.05) is 6.92 Å². The van der Waals surface area contributed by atoms with E-state index in [9.17, 15) is 9.59 Å². The van der Waals surface area contributed by atoms with Crippen LogP contribution in [0.25, 0.3) is 0 Å². The van der Waals surface area contributed by atoms with Crippen LogP contribution in [0.15, 0.2) is 0 Å². The highest BCUT2D eigenvalue weighted by Gasteiger charge is 2.31. The normalized spacial score (nSPS) is 26.0. The molecule has 0 aromatic carbocycles. The molecule has 0 radical (unpaired) electrons. The molecule has 1 saturated heterocycles. The largest absolute Gasteiger partial charge is 0.444 e. The van der Waals surface area contributed by atoms with Gasteiger partial charge in [-0.15, -0.1) is 0 Å².